The maximum atomic E-state index is 12.5. The smallest absolute Gasteiger partial charge is 0.305 e. The molecule has 0 aromatic carbocycles. The fourth-order valence-corrected chi connectivity index (χ4v) is 13.1. The van der Waals surface area contributed by atoms with Gasteiger partial charge in [0.1, 0.15) is 0 Å². The van der Waals surface area contributed by atoms with E-state index in [-0.39, 0.29) is 18.5 Å². The number of unbranched alkanes of at least 4 members (excludes halogenated alkanes) is 63. The van der Waals surface area contributed by atoms with E-state index in [1.807, 2.05) is 6.08 Å². The van der Waals surface area contributed by atoms with Gasteiger partial charge in [-0.1, -0.05) is 423 Å². The molecule has 0 heterocycles. The van der Waals surface area contributed by atoms with Gasteiger partial charge in [0.05, 0.1) is 25.4 Å². The van der Waals surface area contributed by atoms with Crippen LogP contribution in [-0.2, 0) is 14.3 Å². The van der Waals surface area contributed by atoms with Gasteiger partial charge in [0.15, 0.2) is 0 Å². The molecule has 0 aromatic heterocycles. The molecule has 0 bridgehead atoms. The maximum absolute atomic E-state index is 12.5. The molecule has 6 nitrogen and oxygen atoms in total. The van der Waals surface area contributed by atoms with Crippen molar-refractivity contribution in [1.82, 2.24) is 5.32 Å². The molecule has 1 amide bonds. The second-order valence-electron chi connectivity index (χ2n) is 28.5. The highest BCUT2D eigenvalue weighted by Crippen LogP contribution is 2.20. The number of aliphatic hydroxyl groups is 2. The Labute approximate surface area is 564 Å². The first-order valence-electron chi connectivity index (χ1n) is 41.3. The van der Waals surface area contributed by atoms with Crippen molar-refractivity contribution in [2.45, 2.75) is 475 Å². The molecule has 0 aliphatic carbocycles. The molecule has 2 unspecified atom stereocenters. The Morgan fingerprint density at radius 3 is 0.867 bits per heavy atom. The zero-order chi connectivity index (χ0) is 64.9. The highest BCUT2D eigenvalue weighted by atomic mass is 16.5. The predicted octanol–water partition coefficient (Wildman–Crippen LogP) is 27.4. The van der Waals surface area contributed by atoms with Crippen molar-refractivity contribution in [2.24, 2.45) is 0 Å². The van der Waals surface area contributed by atoms with Crippen LogP contribution in [0, 0.1) is 0 Å². The summed E-state index contributed by atoms with van der Waals surface area (Å²) in [6.07, 6.45) is 104. The normalized spacial score (nSPS) is 12.6. The summed E-state index contributed by atoms with van der Waals surface area (Å²) in [7, 11) is 0. The predicted molar refractivity (Wildman–Crippen MR) is 398 cm³/mol. The van der Waals surface area contributed by atoms with Crippen LogP contribution >= 0.6 is 0 Å². The average Bonchev–Trinajstić information content (AvgIpc) is 3.69. The largest absolute Gasteiger partial charge is 0.466 e. The van der Waals surface area contributed by atoms with Crippen LogP contribution in [0.1, 0.15) is 463 Å². The van der Waals surface area contributed by atoms with Crippen LogP contribution in [0.2, 0.25) is 0 Å². The Kier molecular flexibility index (Phi) is 77.8. The number of allylic oxidation sites excluding steroid dienone is 5. The summed E-state index contributed by atoms with van der Waals surface area (Å²) in [4.78, 5) is 24.6. The van der Waals surface area contributed by atoms with E-state index >= 15 is 0 Å². The van der Waals surface area contributed by atoms with Crippen LogP contribution in [0.25, 0.3) is 0 Å². The topological polar surface area (TPSA) is 95.9 Å². The van der Waals surface area contributed by atoms with Crippen molar-refractivity contribution in [2.75, 3.05) is 13.2 Å². The summed E-state index contributed by atoms with van der Waals surface area (Å²) in [5.41, 5.74) is 0. The Bertz CT molecular complexity index is 1460. The molecule has 0 aliphatic heterocycles. The summed E-state index contributed by atoms with van der Waals surface area (Å²) in [6.45, 7) is 4.92. The van der Waals surface area contributed by atoms with Gasteiger partial charge in [-0.3, -0.25) is 9.59 Å². The standard InChI is InChI=1S/C84H161NO5/c1-3-5-7-9-11-13-15-17-19-44-48-52-56-60-64-68-72-76-82(87)81(80-86)85-83(88)77-73-69-65-61-57-53-49-46-42-40-38-36-34-32-30-28-26-24-22-21-23-25-27-29-31-33-35-37-39-41-43-47-51-55-59-63-67-71-75-79-90-84(89)78-74-70-66-62-58-54-50-45-20-18-16-14-12-10-8-6-4-2/h12,14,18,20,72,76,81-82,86-87H,3-11,13,15-17,19,21-71,73-75,77-80H2,1-2H3,(H,85,88)/b14-12-,20-18-,76-72+. The molecular formula is C84H161NO5. The first-order chi connectivity index (χ1) is 44.5. The lowest BCUT2D eigenvalue weighted by Crippen LogP contribution is -2.45. The molecule has 3 N–H and O–H groups in total. The number of esters is 1. The number of carbonyl (C=O) groups is 2. The Morgan fingerprint density at radius 2 is 0.556 bits per heavy atom. The van der Waals surface area contributed by atoms with Gasteiger partial charge in [-0.25, -0.2) is 0 Å². The molecule has 532 valence electrons. The molecule has 0 saturated heterocycles. The molecule has 90 heavy (non-hydrogen) atoms. The zero-order valence-electron chi connectivity index (χ0n) is 61.1. The van der Waals surface area contributed by atoms with E-state index in [2.05, 4.69) is 43.5 Å². The zero-order valence-corrected chi connectivity index (χ0v) is 61.1. The minimum Gasteiger partial charge on any atom is -0.466 e. The molecule has 6 heteroatoms. The second-order valence-corrected chi connectivity index (χ2v) is 28.5. The van der Waals surface area contributed by atoms with Gasteiger partial charge in [-0.15, -0.1) is 0 Å². The summed E-state index contributed by atoms with van der Waals surface area (Å²) in [6, 6.07) is -0.623. The van der Waals surface area contributed by atoms with Gasteiger partial charge in [0.2, 0.25) is 5.91 Å². The number of amides is 1. The Hall–Kier alpha value is -1.92. The maximum Gasteiger partial charge on any atom is 0.305 e. The van der Waals surface area contributed by atoms with Crippen LogP contribution in [0.4, 0.5) is 0 Å². The van der Waals surface area contributed by atoms with Crippen molar-refractivity contribution >= 4 is 11.9 Å². The van der Waals surface area contributed by atoms with Crippen LogP contribution in [-0.4, -0.2) is 47.4 Å². The van der Waals surface area contributed by atoms with E-state index in [0.717, 1.165) is 51.4 Å². The molecule has 2 atom stereocenters. The summed E-state index contributed by atoms with van der Waals surface area (Å²) >= 11 is 0. The van der Waals surface area contributed by atoms with Gasteiger partial charge in [-0.05, 0) is 64.2 Å². The van der Waals surface area contributed by atoms with E-state index in [9.17, 15) is 19.8 Å². The van der Waals surface area contributed by atoms with Crippen LogP contribution in [0.15, 0.2) is 36.5 Å². The molecular weight excluding hydrogens is 1100 g/mol. The third-order valence-corrected chi connectivity index (χ3v) is 19.4. The van der Waals surface area contributed by atoms with E-state index < -0.39 is 12.1 Å². The number of rotatable bonds is 78. The number of carbonyl (C=O) groups excluding carboxylic acids is 2. The summed E-state index contributed by atoms with van der Waals surface area (Å²) < 4.78 is 5.51. The molecule has 0 spiro atoms. The first kappa shape index (κ1) is 88.1. The third kappa shape index (κ3) is 75.1. The minimum absolute atomic E-state index is 0.0168. The number of nitrogens with one attached hydrogen (secondary N) is 1. The molecule has 0 saturated carbocycles. The number of hydrogen-bond acceptors (Lipinski definition) is 5. The molecule has 0 aliphatic rings. The van der Waals surface area contributed by atoms with Crippen LogP contribution in [0.3, 0.4) is 0 Å². The second kappa shape index (κ2) is 79.5. The lowest BCUT2D eigenvalue weighted by Gasteiger charge is -2.20. The van der Waals surface area contributed by atoms with Crippen LogP contribution in [0.5, 0.6) is 0 Å². The van der Waals surface area contributed by atoms with Gasteiger partial charge < -0.3 is 20.3 Å². The number of ether oxygens (including phenoxy) is 1. The van der Waals surface area contributed by atoms with Gasteiger partial charge in [0, 0.05) is 12.8 Å². The van der Waals surface area contributed by atoms with Crippen molar-refractivity contribution in [1.29, 1.82) is 0 Å². The Morgan fingerprint density at radius 1 is 0.311 bits per heavy atom. The van der Waals surface area contributed by atoms with E-state index in [1.54, 1.807) is 6.08 Å². The van der Waals surface area contributed by atoms with Crippen molar-refractivity contribution in [3.8, 4) is 0 Å². The first-order valence-corrected chi connectivity index (χ1v) is 41.3. The number of hydrogen-bond donors (Lipinski definition) is 3. The fourth-order valence-electron chi connectivity index (χ4n) is 13.1. The molecule has 0 radical (unpaired) electrons. The Balaban J connectivity index is 3.30. The van der Waals surface area contributed by atoms with E-state index in [0.29, 0.717) is 19.4 Å². The monoisotopic (exact) mass is 1260 g/mol. The third-order valence-electron chi connectivity index (χ3n) is 19.4. The molecule has 0 fully saturated rings. The van der Waals surface area contributed by atoms with Crippen molar-refractivity contribution in [3.63, 3.8) is 0 Å². The lowest BCUT2D eigenvalue weighted by molar-refractivity contribution is -0.143. The highest BCUT2D eigenvalue weighted by Gasteiger charge is 2.18. The molecule has 0 aromatic rings. The summed E-state index contributed by atoms with van der Waals surface area (Å²) in [5.74, 6) is -0.0414. The van der Waals surface area contributed by atoms with E-state index in [1.165, 1.54) is 385 Å². The van der Waals surface area contributed by atoms with Crippen molar-refractivity contribution < 1.29 is 24.5 Å². The van der Waals surface area contributed by atoms with Gasteiger partial charge in [-0.2, -0.15) is 0 Å². The summed E-state index contributed by atoms with van der Waals surface area (Å²) in [5, 5.41) is 23.2. The highest BCUT2D eigenvalue weighted by molar-refractivity contribution is 5.76. The van der Waals surface area contributed by atoms with Crippen LogP contribution < -0.4 is 5.32 Å². The average molecular weight is 1270 g/mol. The van der Waals surface area contributed by atoms with Gasteiger partial charge in [0.25, 0.3) is 0 Å². The minimum atomic E-state index is -0.840. The van der Waals surface area contributed by atoms with E-state index in [4.69, 9.17) is 4.74 Å². The lowest BCUT2D eigenvalue weighted by atomic mass is 10.0. The quantitative estimate of drug-likeness (QED) is 0.0320. The molecule has 0 rings (SSSR count). The van der Waals surface area contributed by atoms with Crippen molar-refractivity contribution in [3.05, 3.63) is 36.5 Å². The van der Waals surface area contributed by atoms with Gasteiger partial charge >= 0.3 is 5.97 Å². The number of aliphatic hydroxyl groups excluding tert-OH is 2. The fraction of sp³-hybridized carbons (Fsp3) is 0.905. The SMILES string of the molecule is CCCCC/C=C\C/C=C\CCCCCCCCCC(=O)OCCCCCCCCCCCCCCCCCCCCCCCCCCCCCCCCCCCCCCCCCC(=O)NC(CO)C(O)/C=C/CCCCCCCCCCCCCCCCC.